The Labute approximate surface area is 207 Å². The van der Waals surface area contributed by atoms with Gasteiger partial charge in [-0.05, 0) is 48.0 Å². The molecule has 2 N–H and O–H groups in total. The van der Waals surface area contributed by atoms with Crippen LogP contribution >= 0.6 is 0 Å². The zero-order valence-corrected chi connectivity index (χ0v) is 19.5. The molecule has 2 amide bonds. The molecule has 3 aromatic carbocycles. The third-order valence-corrected chi connectivity index (χ3v) is 5.62. The van der Waals surface area contributed by atoms with Gasteiger partial charge in [0.25, 0.3) is 5.56 Å². The van der Waals surface area contributed by atoms with E-state index in [1.807, 2.05) is 42.5 Å². The van der Waals surface area contributed by atoms with Gasteiger partial charge in [-0.1, -0.05) is 48.5 Å². The number of urea groups is 1. The van der Waals surface area contributed by atoms with Crippen LogP contribution < -0.4 is 20.9 Å². The number of amides is 2. The molecular formula is C28H23N5O3. The molecule has 0 fully saturated rings. The van der Waals surface area contributed by atoms with Gasteiger partial charge >= 0.3 is 6.03 Å². The highest BCUT2D eigenvalue weighted by Gasteiger charge is 2.15. The topological polar surface area (TPSA) is 98.1 Å². The second-order valence-corrected chi connectivity index (χ2v) is 8.04. The fourth-order valence-electron chi connectivity index (χ4n) is 3.97. The fourth-order valence-corrected chi connectivity index (χ4v) is 3.97. The van der Waals surface area contributed by atoms with Gasteiger partial charge in [0.15, 0.2) is 5.65 Å². The van der Waals surface area contributed by atoms with Crippen molar-refractivity contribution in [3.63, 3.8) is 0 Å². The van der Waals surface area contributed by atoms with Gasteiger partial charge in [0.1, 0.15) is 17.0 Å². The highest BCUT2D eigenvalue weighted by atomic mass is 16.5. The van der Waals surface area contributed by atoms with E-state index >= 15 is 0 Å². The number of para-hydroxylation sites is 2. The largest absolute Gasteiger partial charge is 0.495 e. The average Bonchev–Trinajstić information content (AvgIpc) is 2.90. The molecule has 36 heavy (non-hydrogen) atoms. The number of nitrogens with zero attached hydrogens (tertiary/aromatic N) is 3. The Morgan fingerprint density at radius 1 is 0.917 bits per heavy atom. The number of ether oxygens (including phenoxy) is 1. The zero-order valence-electron chi connectivity index (χ0n) is 19.5. The minimum Gasteiger partial charge on any atom is -0.495 e. The van der Waals surface area contributed by atoms with Crippen LogP contribution in [-0.2, 0) is 6.42 Å². The number of carbonyl (C=O) groups is 1. The number of hydrogen-bond acceptors (Lipinski definition) is 5. The minimum absolute atomic E-state index is 0.263. The first-order chi connectivity index (χ1) is 17.6. The number of carbonyl (C=O) groups excluding carboxylic acids is 1. The number of benzene rings is 3. The summed E-state index contributed by atoms with van der Waals surface area (Å²) in [6, 6.07) is 27.1. The standard InChI is InChI=1S/C28H23N5O3/c1-36-25-15-6-5-13-22(25)32-28(35)30-20-11-7-12-21(18-20)33-26-23(14-8-16-29-26)31-24(27(33)34)17-19-9-3-2-4-10-19/h2-16,18H,17H2,1H3,(H2,30,32,35). The highest BCUT2D eigenvalue weighted by molar-refractivity contribution is 6.00. The van der Waals surface area contributed by atoms with Gasteiger partial charge in [-0.3, -0.25) is 9.36 Å². The number of hydrogen-bond donors (Lipinski definition) is 2. The lowest BCUT2D eigenvalue weighted by molar-refractivity contribution is 0.262. The Balaban J connectivity index is 1.49. The lowest BCUT2D eigenvalue weighted by Gasteiger charge is -2.14. The Bertz CT molecular complexity index is 1600. The fraction of sp³-hybridized carbons (Fsp3) is 0.0714. The number of rotatable bonds is 6. The zero-order chi connectivity index (χ0) is 24.9. The van der Waals surface area contributed by atoms with Crippen molar-refractivity contribution in [2.24, 2.45) is 0 Å². The first-order valence-electron chi connectivity index (χ1n) is 11.3. The second kappa shape index (κ2) is 10.1. The third kappa shape index (κ3) is 4.78. The normalized spacial score (nSPS) is 10.7. The Morgan fingerprint density at radius 2 is 1.72 bits per heavy atom. The summed E-state index contributed by atoms with van der Waals surface area (Å²) < 4.78 is 6.82. The van der Waals surface area contributed by atoms with E-state index in [-0.39, 0.29) is 5.56 Å². The van der Waals surface area contributed by atoms with Gasteiger partial charge in [-0.15, -0.1) is 0 Å². The van der Waals surface area contributed by atoms with Crippen LogP contribution in [0.1, 0.15) is 11.3 Å². The second-order valence-electron chi connectivity index (χ2n) is 8.04. The maximum absolute atomic E-state index is 13.6. The number of anilines is 2. The van der Waals surface area contributed by atoms with E-state index in [9.17, 15) is 9.59 Å². The lowest BCUT2D eigenvalue weighted by Crippen LogP contribution is -2.25. The van der Waals surface area contributed by atoms with Crippen LogP contribution in [0.25, 0.3) is 16.9 Å². The molecule has 5 rings (SSSR count). The molecule has 2 aromatic heterocycles. The van der Waals surface area contributed by atoms with Gasteiger partial charge < -0.3 is 15.4 Å². The number of methoxy groups -OCH3 is 1. The summed E-state index contributed by atoms with van der Waals surface area (Å²) in [5, 5.41) is 5.60. The molecule has 0 atom stereocenters. The first kappa shape index (κ1) is 22.8. The molecule has 8 nitrogen and oxygen atoms in total. The SMILES string of the molecule is COc1ccccc1NC(=O)Nc1cccc(-n2c(=O)c(Cc3ccccc3)nc3cccnc32)c1. The summed E-state index contributed by atoms with van der Waals surface area (Å²) in [5.74, 6) is 0.549. The third-order valence-electron chi connectivity index (χ3n) is 5.62. The predicted molar refractivity (Wildman–Crippen MR) is 140 cm³/mol. The van der Waals surface area contributed by atoms with Gasteiger partial charge in [0.2, 0.25) is 0 Å². The molecule has 0 saturated heterocycles. The van der Waals surface area contributed by atoms with Crippen molar-refractivity contribution in [1.82, 2.24) is 14.5 Å². The Kier molecular flexibility index (Phi) is 6.40. The predicted octanol–water partition coefficient (Wildman–Crippen LogP) is 5.02. The van der Waals surface area contributed by atoms with E-state index < -0.39 is 6.03 Å². The smallest absolute Gasteiger partial charge is 0.323 e. The quantitative estimate of drug-likeness (QED) is 0.358. The molecule has 0 aliphatic rings. The van der Waals surface area contributed by atoms with Crippen molar-refractivity contribution in [2.75, 3.05) is 17.7 Å². The maximum Gasteiger partial charge on any atom is 0.323 e. The summed E-state index contributed by atoms with van der Waals surface area (Å²) in [5.41, 5.74) is 3.80. The van der Waals surface area contributed by atoms with Crippen LogP contribution in [0.2, 0.25) is 0 Å². The van der Waals surface area contributed by atoms with Crippen molar-refractivity contribution in [3.8, 4) is 11.4 Å². The van der Waals surface area contributed by atoms with E-state index in [1.54, 1.807) is 61.8 Å². The molecule has 0 saturated carbocycles. The molecule has 0 unspecified atom stereocenters. The van der Waals surface area contributed by atoms with Crippen LogP contribution in [0.4, 0.5) is 16.2 Å². The molecule has 8 heteroatoms. The van der Waals surface area contributed by atoms with E-state index in [0.29, 0.717) is 46.1 Å². The van der Waals surface area contributed by atoms with E-state index in [0.717, 1.165) is 5.56 Å². The summed E-state index contributed by atoms with van der Waals surface area (Å²) in [7, 11) is 1.54. The summed E-state index contributed by atoms with van der Waals surface area (Å²) in [6.45, 7) is 0. The highest BCUT2D eigenvalue weighted by Crippen LogP contribution is 2.24. The van der Waals surface area contributed by atoms with Crippen LogP contribution in [0, 0.1) is 0 Å². The first-order valence-corrected chi connectivity index (χ1v) is 11.3. The Hall–Kier alpha value is -4.98. The van der Waals surface area contributed by atoms with Gasteiger partial charge in [0.05, 0.1) is 18.5 Å². The molecule has 178 valence electrons. The summed E-state index contributed by atoms with van der Waals surface area (Å²) in [6.07, 6.45) is 2.02. The summed E-state index contributed by atoms with van der Waals surface area (Å²) >= 11 is 0. The molecule has 0 bridgehead atoms. The number of fused-ring (bicyclic) bond motifs is 1. The van der Waals surface area contributed by atoms with Gasteiger partial charge in [-0.2, -0.15) is 0 Å². The monoisotopic (exact) mass is 477 g/mol. The van der Waals surface area contributed by atoms with Crippen molar-refractivity contribution in [2.45, 2.75) is 6.42 Å². The molecule has 2 heterocycles. The van der Waals surface area contributed by atoms with E-state index in [2.05, 4.69) is 20.6 Å². The van der Waals surface area contributed by atoms with Gasteiger partial charge in [-0.25, -0.2) is 14.8 Å². The van der Waals surface area contributed by atoms with E-state index in [4.69, 9.17) is 4.74 Å². The maximum atomic E-state index is 13.6. The molecule has 0 spiro atoms. The van der Waals surface area contributed by atoms with Crippen molar-refractivity contribution < 1.29 is 9.53 Å². The Morgan fingerprint density at radius 3 is 2.56 bits per heavy atom. The van der Waals surface area contributed by atoms with Crippen molar-refractivity contribution >= 4 is 28.6 Å². The average molecular weight is 478 g/mol. The van der Waals surface area contributed by atoms with Crippen molar-refractivity contribution in [3.05, 3.63) is 119 Å². The molecule has 0 aliphatic carbocycles. The molecule has 5 aromatic rings. The van der Waals surface area contributed by atoms with Crippen LogP contribution in [0.3, 0.4) is 0 Å². The van der Waals surface area contributed by atoms with Crippen LogP contribution in [0.15, 0.2) is 102 Å². The minimum atomic E-state index is -0.438. The lowest BCUT2D eigenvalue weighted by atomic mass is 10.1. The number of aromatic nitrogens is 3. The number of pyridine rings is 1. The van der Waals surface area contributed by atoms with Crippen molar-refractivity contribution in [1.29, 1.82) is 0 Å². The van der Waals surface area contributed by atoms with Crippen LogP contribution in [-0.4, -0.2) is 27.7 Å². The molecule has 0 aliphatic heterocycles. The summed E-state index contributed by atoms with van der Waals surface area (Å²) in [4.78, 5) is 35.3. The van der Waals surface area contributed by atoms with E-state index in [1.165, 1.54) is 4.57 Å². The molecular weight excluding hydrogens is 454 g/mol. The van der Waals surface area contributed by atoms with Crippen LogP contribution in [0.5, 0.6) is 5.75 Å². The van der Waals surface area contributed by atoms with Gasteiger partial charge in [0, 0.05) is 18.3 Å². The molecule has 0 radical (unpaired) electrons. The number of nitrogens with one attached hydrogen (secondary N) is 2.